The molecule has 5 nitrogen and oxygen atoms in total. The molecule has 0 aromatic heterocycles. The number of aryl methyl sites for hydroxylation is 1. The van der Waals surface area contributed by atoms with Crippen molar-refractivity contribution < 1.29 is 32.2 Å². The van der Waals surface area contributed by atoms with Crippen LogP contribution in [0.4, 0.5) is 18.0 Å². The van der Waals surface area contributed by atoms with E-state index >= 15 is 0 Å². The monoisotopic (exact) mass is 447 g/mol. The van der Waals surface area contributed by atoms with Crippen LogP contribution in [0.15, 0.2) is 48.5 Å². The number of carbonyl (C=O) groups is 2. The van der Waals surface area contributed by atoms with E-state index in [0.717, 1.165) is 17.7 Å². The van der Waals surface area contributed by atoms with Crippen LogP contribution in [0.2, 0.25) is 0 Å². The average Bonchev–Trinajstić information content (AvgIpc) is 2.75. The van der Waals surface area contributed by atoms with Gasteiger partial charge in [0.1, 0.15) is 6.61 Å². The van der Waals surface area contributed by atoms with Gasteiger partial charge in [-0.3, -0.25) is 9.69 Å². The molecular weight excluding hydrogens is 423 g/mol. The zero-order chi connectivity index (χ0) is 22.9. The molecule has 2 aromatic carbocycles. The van der Waals surface area contributed by atoms with Crippen LogP contribution in [0, 0.1) is 12.8 Å². The molecule has 2 bridgehead atoms. The van der Waals surface area contributed by atoms with Gasteiger partial charge in [-0.15, -0.1) is 0 Å². The summed E-state index contributed by atoms with van der Waals surface area (Å²) in [4.78, 5) is 27.5. The number of nitrogens with zero attached hydrogens (tertiary/aromatic N) is 1. The minimum atomic E-state index is -4.52. The number of amides is 1. The van der Waals surface area contributed by atoms with Gasteiger partial charge in [0.25, 0.3) is 0 Å². The first kappa shape index (κ1) is 22.3. The van der Waals surface area contributed by atoms with Gasteiger partial charge in [0.15, 0.2) is 5.78 Å². The van der Waals surface area contributed by atoms with E-state index < -0.39 is 23.8 Å². The maximum atomic E-state index is 13.2. The summed E-state index contributed by atoms with van der Waals surface area (Å²) in [5.74, 6) is -0.802. The van der Waals surface area contributed by atoms with Crippen LogP contribution >= 0.6 is 0 Å². The highest BCUT2D eigenvalue weighted by molar-refractivity contribution is 5.98. The first-order valence-corrected chi connectivity index (χ1v) is 10.5. The first-order valence-electron chi connectivity index (χ1n) is 10.5. The Morgan fingerprint density at radius 2 is 1.72 bits per heavy atom. The van der Waals surface area contributed by atoms with E-state index in [1.54, 1.807) is 11.8 Å². The Labute approximate surface area is 184 Å². The summed E-state index contributed by atoms with van der Waals surface area (Å²) in [5, 5.41) is 0. The van der Waals surface area contributed by atoms with Gasteiger partial charge in [-0.2, -0.15) is 13.2 Å². The fourth-order valence-corrected chi connectivity index (χ4v) is 4.55. The van der Waals surface area contributed by atoms with E-state index in [2.05, 4.69) is 0 Å². The van der Waals surface area contributed by atoms with Gasteiger partial charge in [0.05, 0.1) is 30.9 Å². The van der Waals surface area contributed by atoms with Crippen molar-refractivity contribution in [1.82, 2.24) is 4.90 Å². The van der Waals surface area contributed by atoms with E-state index in [1.165, 1.54) is 6.07 Å². The second-order valence-corrected chi connectivity index (χ2v) is 8.41. The second kappa shape index (κ2) is 8.94. The summed E-state index contributed by atoms with van der Waals surface area (Å²) in [6, 6.07) is 12.0. The lowest BCUT2D eigenvalue weighted by molar-refractivity contribution is -0.137. The van der Waals surface area contributed by atoms with Gasteiger partial charge in [-0.25, -0.2) is 4.79 Å². The van der Waals surface area contributed by atoms with Crippen molar-refractivity contribution in [2.45, 2.75) is 44.6 Å². The number of piperidine rings is 1. The van der Waals surface area contributed by atoms with E-state index in [4.69, 9.17) is 9.47 Å². The van der Waals surface area contributed by atoms with E-state index in [9.17, 15) is 22.8 Å². The summed E-state index contributed by atoms with van der Waals surface area (Å²) in [6.45, 7) is 2.22. The zero-order valence-electron chi connectivity index (χ0n) is 17.6. The Bertz CT molecular complexity index is 978. The van der Waals surface area contributed by atoms with Crippen molar-refractivity contribution >= 4 is 11.9 Å². The molecule has 2 aliphatic rings. The Kier molecular flexibility index (Phi) is 6.24. The molecule has 170 valence electrons. The molecule has 2 aliphatic heterocycles. The van der Waals surface area contributed by atoms with E-state index in [0.29, 0.717) is 18.4 Å². The Balaban J connectivity index is 1.47. The second-order valence-electron chi connectivity index (χ2n) is 8.41. The molecule has 2 unspecified atom stereocenters. The summed E-state index contributed by atoms with van der Waals surface area (Å²) in [5.41, 5.74) is 0.480. The number of morpholine rings is 1. The molecule has 2 atom stereocenters. The molecule has 0 saturated carbocycles. The third-order valence-corrected chi connectivity index (χ3v) is 6.00. The largest absolute Gasteiger partial charge is 0.445 e. The highest BCUT2D eigenvalue weighted by Gasteiger charge is 2.44. The van der Waals surface area contributed by atoms with Crippen molar-refractivity contribution in [3.8, 4) is 0 Å². The molecule has 2 saturated heterocycles. The molecule has 0 aliphatic carbocycles. The molecule has 1 amide bonds. The number of rotatable bonds is 4. The Morgan fingerprint density at radius 3 is 2.34 bits per heavy atom. The smallest absolute Gasteiger partial charge is 0.416 e. The summed E-state index contributed by atoms with van der Waals surface area (Å²) >= 11 is 0. The summed E-state index contributed by atoms with van der Waals surface area (Å²) < 4.78 is 50.6. The lowest BCUT2D eigenvalue weighted by Gasteiger charge is -2.47. The van der Waals surface area contributed by atoms with Gasteiger partial charge in [-0.1, -0.05) is 30.3 Å². The molecule has 8 heteroatoms. The fourth-order valence-electron chi connectivity index (χ4n) is 4.55. The van der Waals surface area contributed by atoms with Gasteiger partial charge >= 0.3 is 12.3 Å². The third kappa shape index (κ3) is 4.80. The quantitative estimate of drug-likeness (QED) is 0.618. The average molecular weight is 447 g/mol. The number of hydrogen-bond donors (Lipinski definition) is 0. The van der Waals surface area contributed by atoms with Gasteiger partial charge < -0.3 is 9.47 Å². The molecule has 0 radical (unpaired) electrons. The third-order valence-electron chi connectivity index (χ3n) is 6.00. The molecule has 0 N–H and O–H groups in total. The van der Waals surface area contributed by atoms with Crippen LogP contribution in [0.1, 0.15) is 39.9 Å². The number of Topliss-reactive ketones (excluding diaryl/α,β-unsaturated/α-hetero) is 1. The maximum Gasteiger partial charge on any atom is 0.416 e. The highest BCUT2D eigenvalue weighted by Crippen LogP contribution is 2.36. The summed E-state index contributed by atoms with van der Waals surface area (Å²) in [6.07, 6.45) is -4.33. The van der Waals surface area contributed by atoms with Crippen LogP contribution in [-0.2, 0) is 22.3 Å². The predicted molar refractivity (Wildman–Crippen MR) is 110 cm³/mol. The minimum absolute atomic E-state index is 0.0569. The molecule has 2 fully saturated rings. The molecule has 4 rings (SSSR count). The minimum Gasteiger partial charge on any atom is -0.445 e. The number of ketones is 1. The lowest BCUT2D eigenvalue weighted by Crippen LogP contribution is -2.59. The van der Waals surface area contributed by atoms with Gasteiger partial charge in [-0.05, 0) is 49.1 Å². The highest BCUT2D eigenvalue weighted by atomic mass is 19.4. The van der Waals surface area contributed by atoms with E-state index in [1.807, 2.05) is 30.3 Å². The molecule has 0 spiro atoms. The van der Waals surface area contributed by atoms with Gasteiger partial charge in [0, 0.05) is 11.5 Å². The SMILES string of the molecule is Cc1cc(C(=O)C2CC3COCC(C2)N3C(=O)OCc2ccccc2)cc(C(F)(F)F)c1. The Morgan fingerprint density at radius 1 is 1.06 bits per heavy atom. The number of fused-ring (bicyclic) bond motifs is 2. The van der Waals surface area contributed by atoms with Crippen LogP contribution in [-0.4, -0.2) is 42.1 Å². The number of hydrogen-bond acceptors (Lipinski definition) is 4. The summed E-state index contributed by atoms with van der Waals surface area (Å²) in [7, 11) is 0. The van der Waals surface area contributed by atoms with E-state index in [-0.39, 0.29) is 43.3 Å². The van der Waals surface area contributed by atoms with Crippen molar-refractivity contribution in [3.63, 3.8) is 0 Å². The number of ether oxygens (including phenoxy) is 2. The molecular formula is C24H24F3NO4. The lowest BCUT2D eigenvalue weighted by atomic mass is 9.80. The van der Waals surface area contributed by atoms with Crippen molar-refractivity contribution in [2.75, 3.05) is 13.2 Å². The van der Waals surface area contributed by atoms with Crippen molar-refractivity contribution in [1.29, 1.82) is 0 Å². The number of alkyl halides is 3. The van der Waals surface area contributed by atoms with Crippen molar-refractivity contribution in [2.24, 2.45) is 5.92 Å². The predicted octanol–water partition coefficient (Wildman–Crippen LogP) is 5.01. The van der Waals surface area contributed by atoms with Crippen molar-refractivity contribution in [3.05, 3.63) is 70.8 Å². The normalized spacial score (nSPS) is 23.0. The fraction of sp³-hybridized carbons (Fsp3) is 0.417. The van der Waals surface area contributed by atoms with Gasteiger partial charge in [0.2, 0.25) is 0 Å². The van der Waals surface area contributed by atoms with Crippen LogP contribution < -0.4 is 0 Å². The maximum absolute atomic E-state index is 13.2. The number of halogens is 3. The number of benzene rings is 2. The van der Waals surface area contributed by atoms with Crippen LogP contribution in [0.5, 0.6) is 0 Å². The molecule has 2 aromatic rings. The zero-order valence-corrected chi connectivity index (χ0v) is 17.6. The standard InChI is InChI=1S/C24H24F3NO4/c1-15-7-17(9-19(8-15)24(25,26)27)22(29)18-10-20-13-31-14-21(11-18)28(20)23(30)32-12-16-5-3-2-4-6-16/h2-9,18,20-21H,10-14H2,1H3. The van der Waals surface area contributed by atoms with Crippen LogP contribution in [0.3, 0.4) is 0 Å². The number of carbonyl (C=O) groups excluding carboxylic acids is 2. The topological polar surface area (TPSA) is 55.8 Å². The Hall–Kier alpha value is -2.87. The molecule has 32 heavy (non-hydrogen) atoms. The van der Waals surface area contributed by atoms with Crippen LogP contribution in [0.25, 0.3) is 0 Å². The first-order chi connectivity index (χ1) is 15.2. The molecule has 2 heterocycles.